The Morgan fingerprint density at radius 1 is 1.37 bits per heavy atom. The van der Waals surface area contributed by atoms with Crippen LogP contribution < -0.4 is 10.5 Å². The molecular formula is C17H18N6O2S2. The first kappa shape index (κ1) is 17.8. The van der Waals surface area contributed by atoms with E-state index in [1.165, 1.54) is 18.9 Å². The number of aromatic amines is 1. The number of sulfonamides is 1. The Bertz CT molecular complexity index is 1110. The van der Waals surface area contributed by atoms with Crippen LogP contribution in [-0.2, 0) is 10.0 Å². The summed E-state index contributed by atoms with van der Waals surface area (Å²) in [4.78, 5) is 9.54. The number of hydrogen-bond acceptors (Lipinski definition) is 7. The summed E-state index contributed by atoms with van der Waals surface area (Å²) < 4.78 is 23.1. The van der Waals surface area contributed by atoms with Crippen LogP contribution in [0, 0.1) is 0 Å². The average molecular weight is 403 g/mol. The smallest absolute Gasteiger partial charge is 0.247 e. The second-order valence-electron chi connectivity index (χ2n) is 6.27. The quantitative estimate of drug-likeness (QED) is 0.581. The van der Waals surface area contributed by atoms with Crippen molar-refractivity contribution in [1.29, 1.82) is 0 Å². The fourth-order valence-electron chi connectivity index (χ4n) is 2.63. The number of thiophene rings is 1. The number of nitrogens with zero attached hydrogens (tertiary/aromatic N) is 3. The monoisotopic (exact) mass is 402 g/mol. The molecule has 3 heterocycles. The lowest BCUT2D eigenvalue weighted by molar-refractivity contribution is 0.600. The molecule has 140 valence electrons. The van der Waals surface area contributed by atoms with Crippen molar-refractivity contribution in [2.24, 2.45) is 5.14 Å². The number of hydrogen-bond donors (Lipinski definition) is 3. The maximum Gasteiger partial charge on any atom is 0.247 e. The molecule has 1 fully saturated rings. The molecule has 3 aromatic heterocycles. The molecule has 0 aromatic carbocycles. The Balaban J connectivity index is 1.68. The first-order valence-corrected chi connectivity index (χ1v) is 10.8. The standard InChI is InChI=1S/C17H18N6O2S2/c1-2-3-11-9-19-17(13-6-7-15(26-13)27(18,24)25)21-16(11)20-14-8-12(22-23-14)10-4-5-10/h2-3,6-10H,4-5H2,1H3,(H2,18,24,25)(H2,19,20,21,22,23). The van der Waals surface area contributed by atoms with Crippen molar-refractivity contribution in [3.63, 3.8) is 0 Å². The minimum atomic E-state index is -3.74. The molecule has 0 spiro atoms. The highest BCUT2D eigenvalue weighted by molar-refractivity contribution is 7.91. The van der Waals surface area contributed by atoms with E-state index in [9.17, 15) is 8.42 Å². The van der Waals surface area contributed by atoms with E-state index in [2.05, 4.69) is 25.5 Å². The number of H-pyrrole nitrogens is 1. The van der Waals surface area contributed by atoms with E-state index in [1.54, 1.807) is 12.3 Å². The zero-order valence-electron chi connectivity index (χ0n) is 14.5. The first-order valence-electron chi connectivity index (χ1n) is 8.39. The molecule has 0 aliphatic heterocycles. The number of primary sulfonamides is 1. The van der Waals surface area contributed by atoms with Crippen LogP contribution in [-0.4, -0.2) is 28.6 Å². The van der Waals surface area contributed by atoms with Gasteiger partial charge in [0, 0.05) is 29.4 Å². The lowest BCUT2D eigenvalue weighted by Gasteiger charge is -2.07. The van der Waals surface area contributed by atoms with Gasteiger partial charge in [0.1, 0.15) is 10.0 Å². The van der Waals surface area contributed by atoms with Gasteiger partial charge < -0.3 is 5.32 Å². The van der Waals surface area contributed by atoms with Crippen LogP contribution in [0.5, 0.6) is 0 Å². The highest BCUT2D eigenvalue weighted by atomic mass is 32.2. The number of nitrogens with two attached hydrogens (primary N) is 1. The van der Waals surface area contributed by atoms with Gasteiger partial charge in [-0.25, -0.2) is 23.5 Å². The predicted molar refractivity (Wildman–Crippen MR) is 105 cm³/mol. The first-order chi connectivity index (χ1) is 12.9. The molecular weight excluding hydrogens is 384 g/mol. The molecule has 10 heteroatoms. The third kappa shape index (κ3) is 3.92. The van der Waals surface area contributed by atoms with E-state index in [1.807, 2.05) is 25.1 Å². The summed E-state index contributed by atoms with van der Waals surface area (Å²) in [6.07, 6.45) is 7.86. The van der Waals surface area contributed by atoms with Crippen LogP contribution in [0.1, 0.15) is 36.9 Å². The Morgan fingerprint density at radius 2 is 2.19 bits per heavy atom. The van der Waals surface area contributed by atoms with Crippen molar-refractivity contribution in [3.8, 4) is 10.7 Å². The minimum absolute atomic E-state index is 0.0783. The number of allylic oxidation sites excluding steroid dienone is 1. The van der Waals surface area contributed by atoms with Crippen LogP contribution in [0.2, 0.25) is 0 Å². The Labute approximate surface area is 160 Å². The van der Waals surface area contributed by atoms with Gasteiger partial charge >= 0.3 is 0 Å². The van der Waals surface area contributed by atoms with Crippen molar-refractivity contribution < 1.29 is 8.42 Å². The molecule has 27 heavy (non-hydrogen) atoms. The number of nitrogens with one attached hydrogen (secondary N) is 2. The van der Waals surface area contributed by atoms with Gasteiger partial charge in [-0.3, -0.25) is 5.10 Å². The van der Waals surface area contributed by atoms with Gasteiger partial charge in [-0.1, -0.05) is 12.2 Å². The molecule has 0 unspecified atom stereocenters. The molecule has 0 atom stereocenters. The Kier molecular flexibility index (Phi) is 4.54. The second kappa shape index (κ2) is 6.87. The summed E-state index contributed by atoms with van der Waals surface area (Å²) in [6, 6.07) is 5.10. The van der Waals surface area contributed by atoms with Crippen LogP contribution in [0.4, 0.5) is 11.6 Å². The van der Waals surface area contributed by atoms with Crippen LogP contribution in [0.3, 0.4) is 0 Å². The average Bonchev–Trinajstić information content (AvgIpc) is 3.16. The number of anilines is 2. The van der Waals surface area contributed by atoms with Gasteiger partial charge in [-0.15, -0.1) is 11.3 Å². The van der Waals surface area contributed by atoms with Crippen molar-refractivity contribution in [2.45, 2.75) is 29.9 Å². The van der Waals surface area contributed by atoms with E-state index < -0.39 is 10.0 Å². The van der Waals surface area contributed by atoms with Crippen LogP contribution >= 0.6 is 11.3 Å². The predicted octanol–water partition coefficient (Wildman–Crippen LogP) is 3.23. The minimum Gasteiger partial charge on any atom is -0.323 e. The van der Waals surface area contributed by atoms with E-state index in [0.717, 1.165) is 22.6 Å². The normalized spacial score (nSPS) is 14.7. The largest absolute Gasteiger partial charge is 0.323 e. The Hall–Kier alpha value is -2.56. The van der Waals surface area contributed by atoms with Gasteiger partial charge in [0.15, 0.2) is 11.6 Å². The van der Waals surface area contributed by atoms with E-state index in [0.29, 0.717) is 28.3 Å². The van der Waals surface area contributed by atoms with Gasteiger partial charge in [-0.2, -0.15) is 5.10 Å². The molecule has 0 amide bonds. The van der Waals surface area contributed by atoms with Gasteiger partial charge in [-0.05, 0) is 31.9 Å². The van der Waals surface area contributed by atoms with Gasteiger partial charge in [0.25, 0.3) is 0 Å². The molecule has 1 aliphatic carbocycles. The van der Waals surface area contributed by atoms with Crippen molar-refractivity contribution in [2.75, 3.05) is 5.32 Å². The zero-order chi connectivity index (χ0) is 19.0. The highest BCUT2D eigenvalue weighted by Gasteiger charge is 2.25. The van der Waals surface area contributed by atoms with Crippen molar-refractivity contribution >= 4 is 39.1 Å². The SMILES string of the molecule is CC=Cc1cnc(-c2ccc(S(N)(=O)=O)s2)nc1Nc1cc(C2CC2)[nH]n1. The van der Waals surface area contributed by atoms with Crippen molar-refractivity contribution in [1.82, 2.24) is 20.2 Å². The maximum atomic E-state index is 11.5. The highest BCUT2D eigenvalue weighted by Crippen LogP contribution is 2.39. The van der Waals surface area contributed by atoms with Crippen LogP contribution in [0.15, 0.2) is 34.7 Å². The summed E-state index contributed by atoms with van der Waals surface area (Å²) in [6.45, 7) is 1.91. The lowest BCUT2D eigenvalue weighted by atomic mass is 10.2. The van der Waals surface area contributed by atoms with Gasteiger partial charge in [0.05, 0.1) is 4.88 Å². The number of aromatic nitrogens is 4. The molecule has 0 radical (unpaired) electrons. The molecule has 0 saturated heterocycles. The summed E-state index contributed by atoms with van der Waals surface area (Å²) in [5.41, 5.74) is 1.93. The number of rotatable bonds is 6. The summed E-state index contributed by atoms with van der Waals surface area (Å²) in [5, 5.41) is 15.8. The topological polar surface area (TPSA) is 127 Å². The molecule has 0 bridgehead atoms. The van der Waals surface area contributed by atoms with Crippen LogP contribution in [0.25, 0.3) is 16.8 Å². The second-order valence-corrected chi connectivity index (χ2v) is 9.14. The molecule has 8 nitrogen and oxygen atoms in total. The summed E-state index contributed by atoms with van der Waals surface area (Å²) in [7, 11) is -3.74. The summed E-state index contributed by atoms with van der Waals surface area (Å²) >= 11 is 1.04. The molecule has 4 N–H and O–H groups in total. The molecule has 3 aromatic rings. The summed E-state index contributed by atoms with van der Waals surface area (Å²) in [5.74, 6) is 2.27. The zero-order valence-corrected chi connectivity index (χ0v) is 16.1. The molecule has 4 rings (SSSR count). The third-order valence-electron chi connectivity index (χ3n) is 4.11. The van der Waals surface area contributed by atoms with Gasteiger partial charge in [0.2, 0.25) is 10.0 Å². The maximum absolute atomic E-state index is 11.5. The third-order valence-corrected chi connectivity index (χ3v) is 6.63. The fraction of sp³-hybridized carbons (Fsp3) is 0.235. The molecule has 1 saturated carbocycles. The van der Waals surface area contributed by atoms with E-state index >= 15 is 0 Å². The fourth-order valence-corrected chi connectivity index (χ4v) is 4.30. The lowest BCUT2D eigenvalue weighted by Crippen LogP contribution is -2.09. The van der Waals surface area contributed by atoms with E-state index in [-0.39, 0.29) is 4.21 Å². The molecule has 1 aliphatic rings. The Morgan fingerprint density at radius 3 is 2.85 bits per heavy atom. The van der Waals surface area contributed by atoms with Crippen molar-refractivity contribution in [3.05, 3.63) is 41.7 Å². The van der Waals surface area contributed by atoms with E-state index in [4.69, 9.17) is 5.14 Å².